The van der Waals surface area contributed by atoms with E-state index in [1.165, 1.54) is 0 Å². The molecule has 0 saturated heterocycles. The van der Waals surface area contributed by atoms with E-state index in [2.05, 4.69) is 0 Å². The molecular weight excluding hydrogens is 268 g/mol. The normalized spacial score (nSPS) is 17.3. The third-order valence-corrected chi connectivity index (χ3v) is 4.61. The maximum Gasteiger partial charge on any atom is 0.314 e. The number of carboxylic acid groups (broad SMARTS) is 1. The van der Waals surface area contributed by atoms with E-state index in [0.717, 1.165) is 36.8 Å². The summed E-state index contributed by atoms with van der Waals surface area (Å²) in [5.41, 5.74) is 1.01. The first-order chi connectivity index (χ1) is 10.1. The van der Waals surface area contributed by atoms with Crippen molar-refractivity contribution in [3.63, 3.8) is 0 Å². The number of hydrogen-bond donors (Lipinski definition) is 1. The van der Waals surface area contributed by atoms with Crippen molar-refractivity contribution in [2.24, 2.45) is 0 Å². The van der Waals surface area contributed by atoms with Gasteiger partial charge in [-0.2, -0.15) is 0 Å². The molecular formula is C17H24O4. The zero-order valence-electron chi connectivity index (χ0n) is 13.1. The summed E-state index contributed by atoms with van der Waals surface area (Å²) in [6.07, 6.45) is 5.09. The molecule has 1 aliphatic rings. The van der Waals surface area contributed by atoms with Crippen LogP contribution < -0.4 is 9.47 Å². The summed E-state index contributed by atoms with van der Waals surface area (Å²) in [4.78, 5) is 12.1. The van der Waals surface area contributed by atoms with Gasteiger partial charge in [-0.1, -0.05) is 32.3 Å². The van der Waals surface area contributed by atoms with Crippen molar-refractivity contribution in [2.75, 3.05) is 14.2 Å². The van der Waals surface area contributed by atoms with Crippen molar-refractivity contribution in [2.45, 2.75) is 50.9 Å². The molecule has 0 spiro atoms. The van der Waals surface area contributed by atoms with Crippen LogP contribution in [0.3, 0.4) is 0 Å². The number of carbonyl (C=O) groups is 1. The van der Waals surface area contributed by atoms with Crippen LogP contribution in [0.1, 0.15) is 50.2 Å². The predicted molar refractivity (Wildman–Crippen MR) is 81.3 cm³/mol. The molecule has 21 heavy (non-hydrogen) atoms. The molecule has 0 radical (unpaired) electrons. The summed E-state index contributed by atoms with van der Waals surface area (Å²) in [7, 11) is 3.17. The second kappa shape index (κ2) is 6.37. The number of rotatable bonds is 5. The van der Waals surface area contributed by atoms with Crippen molar-refractivity contribution in [1.29, 1.82) is 0 Å². The molecule has 0 amide bonds. The van der Waals surface area contributed by atoms with Gasteiger partial charge < -0.3 is 14.6 Å². The number of methoxy groups -OCH3 is 2. The first-order valence-corrected chi connectivity index (χ1v) is 7.58. The second-order valence-electron chi connectivity index (χ2n) is 5.64. The Labute approximate surface area is 126 Å². The Balaban J connectivity index is 2.70. The van der Waals surface area contributed by atoms with Crippen molar-refractivity contribution in [3.05, 3.63) is 23.3 Å². The molecule has 116 valence electrons. The van der Waals surface area contributed by atoms with Crippen molar-refractivity contribution >= 4 is 5.97 Å². The zero-order chi connectivity index (χ0) is 15.5. The minimum absolute atomic E-state index is 0.584. The number of aryl methyl sites for hydroxylation is 1. The van der Waals surface area contributed by atoms with Crippen LogP contribution in [0.5, 0.6) is 11.5 Å². The number of ether oxygens (including phenoxy) is 2. The summed E-state index contributed by atoms with van der Waals surface area (Å²) in [6.45, 7) is 2.04. The fourth-order valence-electron chi connectivity index (χ4n) is 3.51. The van der Waals surface area contributed by atoms with Crippen LogP contribution in [-0.2, 0) is 16.6 Å². The predicted octanol–water partition coefficient (Wildman–Crippen LogP) is 3.55. The highest BCUT2D eigenvalue weighted by Crippen LogP contribution is 2.48. The van der Waals surface area contributed by atoms with Gasteiger partial charge in [0.2, 0.25) is 0 Å². The van der Waals surface area contributed by atoms with Gasteiger partial charge in [0.15, 0.2) is 11.5 Å². The molecule has 1 aliphatic carbocycles. The molecule has 4 heteroatoms. The van der Waals surface area contributed by atoms with Gasteiger partial charge >= 0.3 is 5.97 Å². The molecule has 1 N–H and O–H groups in total. The fourth-order valence-corrected chi connectivity index (χ4v) is 3.51. The molecule has 1 aromatic carbocycles. The van der Waals surface area contributed by atoms with Gasteiger partial charge in [0.1, 0.15) is 0 Å². The highest BCUT2D eigenvalue weighted by Gasteiger charge is 2.45. The monoisotopic (exact) mass is 292 g/mol. The molecule has 0 aromatic heterocycles. The van der Waals surface area contributed by atoms with E-state index in [-0.39, 0.29) is 0 Å². The van der Waals surface area contributed by atoms with Crippen LogP contribution in [-0.4, -0.2) is 25.3 Å². The smallest absolute Gasteiger partial charge is 0.314 e. The van der Waals surface area contributed by atoms with E-state index < -0.39 is 11.4 Å². The van der Waals surface area contributed by atoms with Crippen LogP contribution in [0.2, 0.25) is 0 Å². The first kappa shape index (κ1) is 15.7. The molecule has 0 heterocycles. The van der Waals surface area contributed by atoms with Crippen LogP contribution in [0, 0.1) is 0 Å². The summed E-state index contributed by atoms with van der Waals surface area (Å²) >= 11 is 0. The molecule has 0 unspecified atom stereocenters. The Morgan fingerprint density at radius 3 is 2.33 bits per heavy atom. The number of benzene rings is 1. The lowest BCUT2D eigenvalue weighted by atomic mass is 9.67. The van der Waals surface area contributed by atoms with Gasteiger partial charge in [-0.15, -0.1) is 0 Å². The van der Waals surface area contributed by atoms with E-state index in [4.69, 9.17) is 9.47 Å². The molecule has 0 atom stereocenters. The molecule has 2 rings (SSSR count). The second-order valence-corrected chi connectivity index (χ2v) is 5.64. The Bertz CT molecular complexity index is 516. The van der Waals surface area contributed by atoms with Gasteiger partial charge in [0.05, 0.1) is 19.6 Å². The third-order valence-electron chi connectivity index (χ3n) is 4.61. The van der Waals surface area contributed by atoms with E-state index in [1.54, 1.807) is 14.2 Å². The summed E-state index contributed by atoms with van der Waals surface area (Å²) in [6, 6.07) is 3.83. The van der Waals surface area contributed by atoms with E-state index in [9.17, 15) is 9.90 Å². The summed E-state index contributed by atoms with van der Waals surface area (Å²) in [5.74, 6) is 0.445. The number of carboxylic acids is 1. The molecule has 1 fully saturated rings. The lowest BCUT2D eigenvalue weighted by molar-refractivity contribution is -0.145. The maximum absolute atomic E-state index is 12.1. The van der Waals surface area contributed by atoms with E-state index in [1.807, 2.05) is 19.1 Å². The summed E-state index contributed by atoms with van der Waals surface area (Å²) < 4.78 is 10.9. The molecule has 0 aliphatic heterocycles. The number of hydrogen-bond acceptors (Lipinski definition) is 3. The molecule has 4 nitrogen and oxygen atoms in total. The number of aliphatic carboxylic acids is 1. The summed E-state index contributed by atoms with van der Waals surface area (Å²) in [5, 5.41) is 9.95. The van der Waals surface area contributed by atoms with Gasteiger partial charge in [-0.3, -0.25) is 4.79 Å². The third kappa shape index (κ3) is 2.59. The highest BCUT2D eigenvalue weighted by molar-refractivity contribution is 5.84. The molecule has 0 bridgehead atoms. The van der Waals surface area contributed by atoms with Gasteiger partial charge in [0.25, 0.3) is 0 Å². The average Bonchev–Trinajstić information content (AvgIpc) is 2.53. The lowest BCUT2D eigenvalue weighted by Crippen LogP contribution is -2.39. The van der Waals surface area contributed by atoms with E-state index in [0.29, 0.717) is 24.3 Å². The fraction of sp³-hybridized carbons (Fsp3) is 0.588. The van der Waals surface area contributed by atoms with Gasteiger partial charge in [0, 0.05) is 5.56 Å². The van der Waals surface area contributed by atoms with Crippen LogP contribution in [0.25, 0.3) is 0 Å². The van der Waals surface area contributed by atoms with Crippen LogP contribution in [0.4, 0.5) is 0 Å². The minimum Gasteiger partial charge on any atom is -0.493 e. The first-order valence-electron chi connectivity index (χ1n) is 7.58. The van der Waals surface area contributed by atoms with E-state index >= 15 is 0 Å². The average molecular weight is 292 g/mol. The largest absolute Gasteiger partial charge is 0.493 e. The standard InChI is InChI=1S/C17H24O4/c1-4-12-8-9-13(20-2)15(21-3)14(12)17(16(18)19)10-6-5-7-11-17/h8-9H,4-7,10-11H2,1-3H3,(H,18,19). The van der Waals surface area contributed by atoms with Crippen LogP contribution in [0.15, 0.2) is 12.1 Å². The van der Waals surface area contributed by atoms with Crippen LogP contribution >= 0.6 is 0 Å². The molecule has 1 saturated carbocycles. The lowest BCUT2D eigenvalue weighted by Gasteiger charge is -2.36. The Kier molecular flexibility index (Phi) is 4.76. The Morgan fingerprint density at radius 1 is 1.19 bits per heavy atom. The SMILES string of the molecule is CCc1ccc(OC)c(OC)c1C1(C(=O)O)CCCCC1. The minimum atomic E-state index is -0.844. The quantitative estimate of drug-likeness (QED) is 0.901. The topological polar surface area (TPSA) is 55.8 Å². The molecule has 1 aromatic rings. The van der Waals surface area contributed by atoms with Crippen molar-refractivity contribution in [3.8, 4) is 11.5 Å². The zero-order valence-corrected chi connectivity index (χ0v) is 13.1. The van der Waals surface area contributed by atoms with Crippen molar-refractivity contribution in [1.82, 2.24) is 0 Å². The maximum atomic E-state index is 12.1. The van der Waals surface area contributed by atoms with Gasteiger partial charge in [-0.05, 0) is 30.9 Å². The highest BCUT2D eigenvalue weighted by atomic mass is 16.5. The Hall–Kier alpha value is -1.71. The van der Waals surface area contributed by atoms with Crippen molar-refractivity contribution < 1.29 is 19.4 Å². The van der Waals surface area contributed by atoms with Gasteiger partial charge in [-0.25, -0.2) is 0 Å². The Morgan fingerprint density at radius 2 is 1.86 bits per heavy atom.